The summed E-state index contributed by atoms with van der Waals surface area (Å²) >= 11 is 0. The number of sulfone groups is 1. The maximum absolute atomic E-state index is 12.1. The molecule has 1 unspecified atom stereocenters. The van der Waals surface area contributed by atoms with Crippen LogP contribution in [0.1, 0.15) is 12.1 Å². The summed E-state index contributed by atoms with van der Waals surface area (Å²) in [5.41, 5.74) is 1.23. The number of hydrogen-bond donors (Lipinski definition) is 1. The van der Waals surface area contributed by atoms with E-state index < -0.39 is 25.1 Å². The molecule has 1 saturated heterocycles. The topological polar surface area (TPSA) is 106 Å². The Morgan fingerprint density at radius 1 is 1.26 bits per heavy atom. The predicted octanol–water partition coefficient (Wildman–Crippen LogP) is 0.948. The Kier molecular flexibility index (Phi) is 4.26. The number of nitrogens with one attached hydrogen (secondary N) is 1. The number of hydrogen-bond acceptors (Lipinski definition) is 6. The van der Waals surface area contributed by atoms with Crippen molar-refractivity contribution in [3.63, 3.8) is 0 Å². The van der Waals surface area contributed by atoms with Crippen molar-refractivity contribution >= 4 is 19.9 Å². The lowest BCUT2D eigenvalue weighted by atomic mass is 10.2. The van der Waals surface area contributed by atoms with Crippen molar-refractivity contribution in [1.29, 1.82) is 0 Å². The number of oxazole rings is 1. The molecule has 0 amide bonds. The molecule has 1 atom stereocenters. The Morgan fingerprint density at radius 2 is 2.00 bits per heavy atom. The van der Waals surface area contributed by atoms with Crippen LogP contribution in [-0.2, 0) is 26.4 Å². The maximum atomic E-state index is 12.1. The molecule has 3 rings (SSSR count). The van der Waals surface area contributed by atoms with Gasteiger partial charge in [0.05, 0.1) is 29.0 Å². The summed E-state index contributed by atoms with van der Waals surface area (Å²) in [7, 11) is -6.94. The first-order valence-corrected chi connectivity index (χ1v) is 10.4. The third-order valence-corrected chi connectivity index (χ3v) is 7.46. The first-order valence-electron chi connectivity index (χ1n) is 7.04. The van der Waals surface area contributed by atoms with Gasteiger partial charge >= 0.3 is 0 Å². The van der Waals surface area contributed by atoms with Gasteiger partial charge in [-0.2, -0.15) is 0 Å². The highest BCUT2D eigenvalue weighted by Gasteiger charge is 2.36. The molecule has 9 heteroatoms. The highest BCUT2D eigenvalue weighted by Crippen LogP contribution is 2.20. The second kappa shape index (κ2) is 6.06. The lowest BCUT2D eigenvalue weighted by molar-refractivity contribution is 0.563. The van der Waals surface area contributed by atoms with Gasteiger partial charge in [0, 0.05) is 5.56 Å². The van der Waals surface area contributed by atoms with Gasteiger partial charge in [-0.05, 0) is 18.6 Å². The SMILES string of the molecule is O=S1(=O)CCC(S(=O)(=O)NCc2coc(-c3ccccc3)n2)C1. The first-order chi connectivity index (χ1) is 10.9. The minimum absolute atomic E-state index is 0.0325. The molecule has 1 N–H and O–H groups in total. The summed E-state index contributed by atoms with van der Waals surface area (Å²) in [5, 5.41) is -0.895. The summed E-state index contributed by atoms with van der Waals surface area (Å²) < 4.78 is 54.8. The van der Waals surface area contributed by atoms with Gasteiger partial charge in [-0.25, -0.2) is 26.5 Å². The molecule has 23 heavy (non-hydrogen) atoms. The molecule has 2 heterocycles. The van der Waals surface area contributed by atoms with E-state index in [9.17, 15) is 16.8 Å². The van der Waals surface area contributed by atoms with E-state index in [1.54, 1.807) is 0 Å². The van der Waals surface area contributed by atoms with Crippen molar-refractivity contribution in [2.75, 3.05) is 11.5 Å². The third-order valence-electron chi connectivity index (χ3n) is 3.66. The van der Waals surface area contributed by atoms with Gasteiger partial charge in [0.15, 0.2) is 9.84 Å². The molecule has 1 fully saturated rings. The monoisotopic (exact) mass is 356 g/mol. The highest BCUT2D eigenvalue weighted by molar-refractivity contribution is 7.95. The Labute approximate surface area is 134 Å². The highest BCUT2D eigenvalue weighted by atomic mass is 32.2. The molecule has 1 aromatic carbocycles. The van der Waals surface area contributed by atoms with Crippen LogP contribution >= 0.6 is 0 Å². The summed E-state index contributed by atoms with van der Waals surface area (Å²) in [4.78, 5) is 4.23. The number of nitrogens with zero attached hydrogens (tertiary/aromatic N) is 1. The molecule has 124 valence electrons. The fraction of sp³-hybridized carbons (Fsp3) is 0.357. The lowest BCUT2D eigenvalue weighted by Gasteiger charge is -2.09. The van der Waals surface area contributed by atoms with Gasteiger partial charge in [0.2, 0.25) is 15.9 Å². The van der Waals surface area contributed by atoms with Crippen molar-refractivity contribution in [3.8, 4) is 11.5 Å². The molecule has 0 saturated carbocycles. The zero-order chi connectivity index (χ0) is 16.5. The smallest absolute Gasteiger partial charge is 0.226 e. The van der Waals surface area contributed by atoms with Crippen LogP contribution in [0.2, 0.25) is 0 Å². The second-order valence-corrected chi connectivity index (χ2v) is 9.68. The summed E-state index contributed by atoms with van der Waals surface area (Å²) in [6.45, 7) is -0.0325. The number of rotatable bonds is 5. The van der Waals surface area contributed by atoms with Crippen molar-refractivity contribution in [2.24, 2.45) is 0 Å². The normalized spacial score (nSPS) is 20.6. The molecule has 0 radical (unpaired) electrons. The molecular weight excluding hydrogens is 340 g/mol. The van der Waals surface area contributed by atoms with E-state index in [0.717, 1.165) is 5.56 Å². The standard InChI is InChI=1S/C14H16N2O5S2/c17-22(18)7-6-13(10-22)23(19,20)15-8-12-9-21-14(16-12)11-4-2-1-3-5-11/h1-5,9,13,15H,6-8,10H2. The zero-order valence-electron chi connectivity index (χ0n) is 12.2. The van der Waals surface area contributed by atoms with Crippen LogP contribution in [0.25, 0.3) is 11.5 Å². The van der Waals surface area contributed by atoms with Crippen LogP contribution in [0.15, 0.2) is 41.0 Å². The van der Waals surface area contributed by atoms with E-state index in [1.807, 2.05) is 30.3 Å². The average molecular weight is 356 g/mol. The molecule has 1 aliphatic heterocycles. The fourth-order valence-electron chi connectivity index (χ4n) is 2.40. The van der Waals surface area contributed by atoms with Crippen molar-refractivity contribution < 1.29 is 21.3 Å². The van der Waals surface area contributed by atoms with E-state index in [1.165, 1.54) is 6.26 Å². The van der Waals surface area contributed by atoms with Gasteiger partial charge < -0.3 is 4.42 Å². The molecule has 1 aromatic heterocycles. The van der Waals surface area contributed by atoms with Crippen LogP contribution in [0.3, 0.4) is 0 Å². The molecule has 0 bridgehead atoms. The predicted molar refractivity (Wildman–Crippen MR) is 84.8 cm³/mol. The van der Waals surface area contributed by atoms with E-state index >= 15 is 0 Å². The van der Waals surface area contributed by atoms with Gasteiger partial charge in [-0.3, -0.25) is 0 Å². The van der Waals surface area contributed by atoms with Crippen molar-refractivity contribution in [3.05, 3.63) is 42.3 Å². The van der Waals surface area contributed by atoms with Crippen LogP contribution < -0.4 is 4.72 Å². The van der Waals surface area contributed by atoms with E-state index in [4.69, 9.17) is 4.42 Å². The summed E-state index contributed by atoms with van der Waals surface area (Å²) in [5.74, 6) is 0.000131. The second-order valence-electron chi connectivity index (χ2n) is 5.40. The number of sulfonamides is 1. The van der Waals surface area contributed by atoms with E-state index in [-0.39, 0.29) is 24.5 Å². The van der Waals surface area contributed by atoms with Gasteiger partial charge in [0.1, 0.15) is 6.26 Å². The lowest BCUT2D eigenvalue weighted by Crippen LogP contribution is -2.34. The van der Waals surface area contributed by atoms with E-state index in [0.29, 0.717) is 11.6 Å². The molecule has 1 aliphatic rings. The van der Waals surface area contributed by atoms with Crippen LogP contribution in [-0.4, -0.2) is 38.6 Å². The van der Waals surface area contributed by atoms with Gasteiger partial charge in [-0.15, -0.1) is 0 Å². The fourth-order valence-corrected chi connectivity index (χ4v) is 6.44. The summed E-state index contributed by atoms with van der Waals surface area (Å²) in [6.07, 6.45) is 1.52. The summed E-state index contributed by atoms with van der Waals surface area (Å²) in [6, 6.07) is 9.24. The van der Waals surface area contributed by atoms with Gasteiger partial charge in [0.25, 0.3) is 0 Å². The van der Waals surface area contributed by atoms with Crippen LogP contribution in [0.4, 0.5) is 0 Å². The van der Waals surface area contributed by atoms with Crippen LogP contribution in [0.5, 0.6) is 0 Å². The quantitative estimate of drug-likeness (QED) is 0.855. The first kappa shape index (κ1) is 16.2. The van der Waals surface area contributed by atoms with Crippen LogP contribution in [0, 0.1) is 0 Å². The minimum atomic E-state index is -3.70. The maximum Gasteiger partial charge on any atom is 0.226 e. The van der Waals surface area contributed by atoms with Crippen molar-refractivity contribution in [1.82, 2.24) is 9.71 Å². The molecular formula is C14H16N2O5S2. The Balaban J connectivity index is 1.66. The molecule has 0 spiro atoms. The molecule has 2 aromatic rings. The Bertz CT molecular complexity index is 888. The largest absolute Gasteiger partial charge is 0.444 e. The number of benzene rings is 1. The minimum Gasteiger partial charge on any atom is -0.444 e. The Morgan fingerprint density at radius 3 is 2.65 bits per heavy atom. The molecule has 7 nitrogen and oxygen atoms in total. The third kappa shape index (κ3) is 3.80. The zero-order valence-corrected chi connectivity index (χ0v) is 13.8. The molecule has 0 aliphatic carbocycles. The van der Waals surface area contributed by atoms with Crippen molar-refractivity contribution in [2.45, 2.75) is 18.2 Å². The average Bonchev–Trinajstić information content (AvgIpc) is 3.13. The Hall–Kier alpha value is -1.71. The van der Waals surface area contributed by atoms with E-state index in [2.05, 4.69) is 9.71 Å². The number of aromatic nitrogens is 1. The van der Waals surface area contributed by atoms with Gasteiger partial charge in [-0.1, -0.05) is 18.2 Å².